The first-order valence-electron chi connectivity index (χ1n) is 7.98. The number of nitrogens with two attached hydrogens (primary N) is 1. The van der Waals surface area contributed by atoms with Crippen molar-refractivity contribution >= 4 is 0 Å². The molecule has 1 saturated heterocycles. The molecule has 0 atom stereocenters. The molecule has 1 aliphatic carbocycles. The summed E-state index contributed by atoms with van der Waals surface area (Å²) in [6.45, 7) is 10.0. The predicted octanol–water partition coefficient (Wildman–Crippen LogP) is 1.92. The topological polar surface area (TPSA) is 32.5 Å². The van der Waals surface area contributed by atoms with Gasteiger partial charge < -0.3 is 15.5 Å². The van der Waals surface area contributed by atoms with Crippen molar-refractivity contribution in [1.29, 1.82) is 0 Å². The average Bonchev–Trinajstić information content (AvgIpc) is 2.90. The molecule has 3 heteroatoms. The van der Waals surface area contributed by atoms with Crippen molar-refractivity contribution in [2.75, 3.05) is 39.3 Å². The second-order valence-electron chi connectivity index (χ2n) is 6.22. The van der Waals surface area contributed by atoms with Gasteiger partial charge in [0.15, 0.2) is 0 Å². The summed E-state index contributed by atoms with van der Waals surface area (Å²) < 4.78 is 0. The van der Waals surface area contributed by atoms with Gasteiger partial charge in [-0.1, -0.05) is 6.92 Å². The first kappa shape index (κ1) is 14.3. The molecule has 0 bridgehead atoms. The summed E-state index contributed by atoms with van der Waals surface area (Å²) in [5, 5.41) is 0. The molecule has 1 aliphatic heterocycles. The van der Waals surface area contributed by atoms with E-state index >= 15 is 0 Å². The second-order valence-corrected chi connectivity index (χ2v) is 6.22. The minimum absolute atomic E-state index is 0.487. The van der Waals surface area contributed by atoms with Crippen LogP contribution in [-0.2, 0) is 0 Å². The Morgan fingerprint density at radius 3 is 2.39 bits per heavy atom. The van der Waals surface area contributed by atoms with E-state index in [1.165, 1.54) is 77.8 Å². The maximum atomic E-state index is 5.98. The van der Waals surface area contributed by atoms with Crippen LogP contribution in [0.3, 0.4) is 0 Å². The van der Waals surface area contributed by atoms with Gasteiger partial charge in [-0.2, -0.15) is 0 Å². The smallest absolute Gasteiger partial charge is 0.0109 e. The Balaban J connectivity index is 1.64. The number of rotatable bonds is 6. The van der Waals surface area contributed by atoms with Gasteiger partial charge in [0.2, 0.25) is 0 Å². The monoisotopic (exact) mass is 253 g/mol. The minimum Gasteiger partial charge on any atom is -0.328 e. The van der Waals surface area contributed by atoms with Gasteiger partial charge in [0, 0.05) is 25.7 Å². The average molecular weight is 253 g/mol. The van der Waals surface area contributed by atoms with E-state index < -0.39 is 0 Å². The standard InChI is InChI=1S/C15H31N3/c1-2-17(11-12-18-9-3-4-10-18)13-14-5-7-15(16)8-6-14/h14-15H,2-13,16H2,1H3. The van der Waals surface area contributed by atoms with Crippen molar-refractivity contribution in [3.05, 3.63) is 0 Å². The third-order valence-electron chi connectivity index (χ3n) is 4.79. The summed E-state index contributed by atoms with van der Waals surface area (Å²) in [4.78, 5) is 5.28. The highest BCUT2D eigenvalue weighted by atomic mass is 15.2. The molecule has 0 spiro atoms. The van der Waals surface area contributed by atoms with Crippen LogP contribution in [0.2, 0.25) is 0 Å². The fourth-order valence-corrected chi connectivity index (χ4v) is 3.40. The number of nitrogens with zero attached hydrogens (tertiary/aromatic N) is 2. The molecule has 2 rings (SSSR count). The van der Waals surface area contributed by atoms with Crippen LogP contribution < -0.4 is 5.73 Å². The molecule has 0 amide bonds. The molecule has 2 N–H and O–H groups in total. The number of hydrogen-bond acceptors (Lipinski definition) is 3. The van der Waals surface area contributed by atoms with E-state index in [0.29, 0.717) is 6.04 Å². The van der Waals surface area contributed by atoms with E-state index in [1.807, 2.05) is 0 Å². The fourth-order valence-electron chi connectivity index (χ4n) is 3.40. The molecule has 2 fully saturated rings. The normalized spacial score (nSPS) is 30.2. The van der Waals surface area contributed by atoms with Crippen molar-refractivity contribution < 1.29 is 0 Å². The predicted molar refractivity (Wildman–Crippen MR) is 77.7 cm³/mol. The van der Waals surface area contributed by atoms with Gasteiger partial charge in [-0.15, -0.1) is 0 Å². The van der Waals surface area contributed by atoms with Crippen LogP contribution in [0.5, 0.6) is 0 Å². The van der Waals surface area contributed by atoms with Crippen LogP contribution in [0, 0.1) is 5.92 Å². The Bertz CT molecular complexity index is 218. The zero-order chi connectivity index (χ0) is 12.8. The molecule has 3 nitrogen and oxygen atoms in total. The molecule has 0 aromatic rings. The minimum atomic E-state index is 0.487. The SMILES string of the molecule is CCN(CCN1CCCC1)CC1CCC(N)CC1. The first-order chi connectivity index (χ1) is 8.78. The molecule has 106 valence electrons. The largest absolute Gasteiger partial charge is 0.328 e. The Kier molecular flexibility index (Phi) is 5.93. The maximum absolute atomic E-state index is 5.98. The molecule has 18 heavy (non-hydrogen) atoms. The molecule has 0 aromatic carbocycles. The summed E-state index contributed by atoms with van der Waals surface area (Å²) in [6, 6.07) is 0.487. The van der Waals surface area contributed by atoms with Gasteiger partial charge in [-0.05, 0) is 64.1 Å². The lowest BCUT2D eigenvalue weighted by Gasteiger charge is -2.31. The molecule has 1 saturated carbocycles. The van der Waals surface area contributed by atoms with Crippen LogP contribution in [0.1, 0.15) is 45.4 Å². The van der Waals surface area contributed by atoms with Crippen LogP contribution in [0.25, 0.3) is 0 Å². The van der Waals surface area contributed by atoms with Crippen LogP contribution in [-0.4, -0.2) is 55.1 Å². The van der Waals surface area contributed by atoms with Gasteiger partial charge >= 0.3 is 0 Å². The van der Waals surface area contributed by atoms with Crippen molar-refractivity contribution in [2.24, 2.45) is 11.7 Å². The van der Waals surface area contributed by atoms with Crippen molar-refractivity contribution in [3.8, 4) is 0 Å². The van der Waals surface area contributed by atoms with E-state index in [4.69, 9.17) is 5.73 Å². The van der Waals surface area contributed by atoms with Crippen molar-refractivity contribution in [2.45, 2.75) is 51.5 Å². The molecule has 1 heterocycles. The molecular weight excluding hydrogens is 222 g/mol. The molecule has 0 radical (unpaired) electrons. The lowest BCUT2D eigenvalue weighted by molar-refractivity contribution is 0.180. The van der Waals surface area contributed by atoms with Crippen LogP contribution in [0.15, 0.2) is 0 Å². The van der Waals surface area contributed by atoms with Gasteiger partial charge in [0.25, 0.3) is 0 Å². The first-order valence-corrected chi connectivity index (χ1v) is 7.98. The van der Waals surface area contributed by atoms with Gasteiger partial charge in [0.05, 0.1) is 0 Å². The fraction of sp³-hybridized carbons (Fsp3) is 1.00. The van der Waals surface area contributed by atoms with E-state index in [1.54, 1.807) is 0 Å². The van der Waals surface area contributed by atoms with E-state index in [2.05, 4.69) is 16.7 Å². The number of likely N-dealkylation sites (N-methyl/N-ethyl adjacent to an activating group) is 1. The highest BCUT2D eigenvalue weighted by Gasteiger charge is 2.21. The zero-order valence-electron chi connectivity index (χ0n) is 12.1. The third-order valence-corrected chi connectivity index (χ3v) is 4.79. The van der Waals surface area contributed by atoms with E-state index in [9.17, 15) is 0 Å². The Hall–Kier alpha value is -0.120. The Labute approximate surface area is 113 Å². The van der Waals surface area contributed by atoms with Crippen LogP contribution in [0.4, 0.5) is 0 Å². The highest BCUT2D eigenvalue weighted by molar-refractivity contribution is 4.77. The van der Waals surface area contributed by atoms with Gasteiger partial charge in [-0.25, -0.2) is 0 Å². The highest BCUT2D eigenvalue weighted by Crippen LogP contribution is 2.23. The van der Waals surface area contributed by atoms with Crippen molar-refractivity contribution in [1.82, 2.24) is 9.80 Å². The number of likely N-dealkylation sites (tertiary alicyclic amines) is 1. The summed E-state index contributed by atoms with van der Waals surface area (Å²) in [6.07, 6.45) is 8.00. The number of hydrogen-bond donors (Lipinski definition) is 1. The summed E-state index contributed by atoms with van der Waals surface area (Å²) in [7, 11) is 0. The van der Waals surface area contributed by atoms with Crippen LogP contribution >= 0.6 is 0 Å². The summed E-state index contributed by atoms with van der Waals surface area (Å²) in [5.41, 5.74) is 5.98. The summed E-state index contributed by atoms with van der Waals surface area (Å²) in [5.74, 6) is 0.906. The van der Waals surface area contributed by atoms with E-state index in [-0.39, 0.29) is 0 Å². The molecule has 0 aromatic heterocycles. The Morgan fingerprint density at radius 1 is 1.11 bits per heavy atom. The molecule has 0 unspecified atom stereocenters. The lowest BCUT2D eigenvalue weighted by atomic mass is 9.86. The molecular formula is C15H31N3. The lowest BCUT2D eigenvalue weighted by Crippen LogP contribution is -2.38. The Morgan fingerprint density at radius 2 is 1.78 bits per heavy atom. The van der Waals surface area contributed by atoms with Crippen molar-refractivity contribution in [3.63, 3.8) is 0 Å². The van der Waals surface area contributed by atoms with Gasteiger partial charge in [0.1, 0.15) is 0 Å². The van der Waals surface area contributed by atoms with E-state index in [0.717, 1.165) is 5.92 Å². The maximum Gasteiger partial charge on any atom is 0.0109 e. The second kappa shape index (κ2) is 7.46. The summed E-state index contributed by atoms with van der Waals surface area (Å²) >= 11 is 0. The quantitative estimate of drug-likeness (QED) is 0.785. The zero-order valence-corrected chi connectivity index (χ0v) is 12.1. The third kappa shape index (κ3) is 4.52. The van der Waals surface area contributed by atoms with Gasteiger partial charge in [-0.3, -0.25) is 0 Å². The molecule has 2 aliphatic rings.